The van der Waals surface area contributed by atoms with Gasteiger partial charge >= 0.3 is 6.18 Å². The SMILES string of the molecule is CN=C(NCCCCSC)N1CCN(C(C)C(F)(F)F)CC1.I. The zero-order chi connectivity index (χ0) is 16.6. The van der Waals surface area contributed by atoms with Crippen molar-refractivity contribution in [1.82, 2.24) is 15.1 Å². The Hall–Kier alpha value is 0.1000. The standard InChI is InChI=1S/C14H27F3N4S.HI/c1-12(14(15,16)17)20-7-9-21(10-8-20)13(18-2)19-6-4-5-11-22-3;/h12H,4-11H2,1-3H3,(H,18,19);1H. The number of hydrogen-bond acceptors (Lipinski definition) is 3. The van der Waals surface area contributed by atoms with Gasteiger partial charge in [-0.2, -0.15) is 24.9 Å². The van der Waals surface area contributed by atoms with Crippen LogP contribution in [0.15, 0.2) is 4.99 Å². The Bertz CT molecular complexity index is 347. The summed E-state index contributed by atoms with van der Waals surface area (Å²) in [6.07, 6.45) is 0.167. The van der Waals surface area contributed by atoms with Crippen molar-refractivity contribution in [1.29, 1.82) is 0 Å². The van der Waals surface area contributed by atoms with E-state index in [9.17, 15) is 13.2 Å². The first-order valence-electron chi connectivity index (χ1n) is 7.65. The molecule has 0 spiro atoms. The first-order valence-corrected chi connectivity index (χ1v) is 9.04. The minimum atomic E-state index is -4.15. The number of hydrogen-bond donors (Lipinski definition) is 1. The summed E-state index contributed by atoms with van der Waals surface area (Å²) in [5.41, 5.74) is 0. The number of rotatable bonds is 6. The van der Waals surface area contributed by atoms with Crippen LogP contribution in [-0.2, 0) is 0 Å². The van der Waals surface area contributed by atoms with Gasteiger partial charge in [-0.05, 0) is 31.8 Å². The Morgan fingerprint density at radius 1 is 1.22 bits per heavy atom. The van der Waals surface area contributed by atoms with Gasteiger partial charge in [-0.3, -0.25) is 9.89 Å². The minimum absolute atomic E-state index is 0. The molecule has 0 amide bonds. The fourth-order valence-corrected chi connectivity index (χ4v) is 2.92. The van der Waals surface area contributed by atoms with Crippen molar-refractivity contribution in [2.45, 2.75) is 32.0 Å². The predicted octanol–water partition coefficient (Wildman–Crippen LogP) is 2.89. The summed E-state index contributed by atoms with van der Waals surface area (Å²) in [5.74, 6) is 1.94. The molecule has 1 aliphatic heterocycles. The molecule has 0 saturated carbocycles. The second kappa shape index (κ2) is 11.6. The largest absolute Gasteiger partial charge is 0.403 e. The van der Waals surface area contributed by atoms with Crippen LogP contribution >= 0.6 is 35.7 Å². The summed E-state index contributed by atoms with van der Waals surface area (Å²) < 4.78 is 38.2. The van der Waals surface area contributed by atoms with E-state index in [1.807, 2.05) is 16.7 Å². The van der Waals surface area contributed by atoms with Gasteiger partial charge in [0.2, 0.25) is 0 Å². The zero-order valence-corrected chi connectivity index (χ0v) is 17.2. The van der Waals surface area contributed by atoms with Crippen molar-refractivity contribution in [3.63, 3.8) is 0 Å². The van der Waals surface area contributed by atoms with Crippen LogP contribution in [0.1, 0.15) is 19.8 Å². The van der Waals surface area contributed by atoms with Gasteiger partial charge in [0.05, 0.1) is 0 Å². The molecule has 138 valence electrons. The van der Waals surface area contributed by atoms with Gasteiger partial charge in [-0.1, -0.05) is 0 Å². The normalized spacial score (nSPS) is 18.5. The summed E-state index contributed by atoms with van der Waals surface area (Å²) in [5, 5.41) is 3.30. The maximum atomic E-state index is 12.7. The lowest BCUT2D eigenvalue weighted by Crippen LogP contribution is -2.56. The Kier molecular flexibility index (Phi) is 11.7. The Morgan fingerprint density at radius 2 is 1.83 bits per heavy atom. The van der Waals surface area contributed by atoms with Crippen molar-refractivity contribution in [2.75, 3.05) is 51.8 Å². The van der Waals surface area contributed by atoms with Crippen LogP contribution in [0, 0.1) is 0 Å². The lowest BCUT2D eigenvalue weighted by Gasteiger charge is -2.39. The number of unbranched alkanes of at least 4 members (excludes halogenated alkanes) is 1. The molecular weight excluding hydrogens is 440 g/mol. The summed E-state index contributed by atoms with van der Waals surface area (Å²) in [7, 11) is 1.72. The molecule has 1 heterocycles. The molecule has 1 N–H and O–H groups in total. The number of halogens is 4. The summed E-state index contributed by atoms with van der Waals surface area (Å²) in [6.45, 7) is 4.05. The smallest absolute Gasteiger partial charge is 0.356 e. The molecule has 4 nitrogen and oxygen atoms in total. The third kappa shape index (κ3) is 8.15. The summed E-state index contributed by atoms with van der Waals surface area (Å²) in [4.78, 5) is 7.76. The van der Waals surface area contributed by atoms with E-state index in [-0.39, 0.29) is 24.0 Å². The van der Waals surface area contributed by atoms with E-state index in [1.54, 1.807) is 7.05 Å². The Morgan fingerprint density at radius 3 is 2.30 bits per heavy atom. The van der Waals surface area contributed by atoms with E-state index >= 15 is 0 Å². The highest BCUT2D eigenvalue weighted by Crippen LogP contribution is 2.25. The number of nitrogens with zero attached hydrogens (tertiary/aromatic N) is 3. The molecule has 1 aliphatic rings. The molecule has 1 unspecified atom stereocenters. The number of alkyl halides is 3. The molecule has 0 bridgehead atoms. The Labute approximate surface area is 158 Å². The van der Waals surface area contributed by atoms with E-state index < -0.39 is 12.2 Å². The third-order valence-corrected chi connectivity index (χ3v) is 4.60. The Balaban J connectivity index is 0.00000484. The number of piperazine rings is 1. The van der Waals surface area contributed by atoms with Crippen LogP contribution in [0.2, 0.25) is 0 Å². The fourth-order valence-electron chi connectivity index (χ4n) is 2.43. The molecular formula is C14H28F3IN4S. The average molecular weight is 468 g/mol. The van der Waals surface area contributed by atoms with Crippen LogP contribution < -0.4 is 5.32 Å². The van der Waals surface area contributed by atoms with Crippen LogP contribution in [0.5, 0.6) is 0 Å². The van der Waals surface area contributed by atoms with Gasteiger partial charge in [0, 0.05) is 39.8 Å². The zero-order valence-electron chi connectivity index (χ0n) is 14.0. The monoisotopic (exact) mass is 468 g/mol. The average Bonchev–Trinajstić information content (AvgIpc) is 2.49. The van der Waals surface area contributed by atoms with E-state index in [1.165, 1.54) is 11.8 Å². The first-order chi connectivity index (χ1) is 10.4. The molecule has 1 fully saturated rings. The molecule has 1 rings (SSSR count). The molecule has 0 aromatic carbocycles. The molecule has 1 saturated heterocycles. The van der Waals surface area contributed by atoms with Gasteiger partial charge in [0.25, 0.3) is 0 Å². The van der Waals surface area contributed by atoms with E-state index in [0.29, 0.717) is 26.2 Å². The fraction of sp³-hybridized carbons (Fsp3) is 0.929. The summed E-state index contributed by atoms with van der Waals surface area (Å²) >= 11 is 1.83. The predicted molar refractivity (Wildman–Crippen MR) is 103 cm³/mol. The van der Waals surface area contributed by atoms with Gasteiger partial charge in [0.15, 0.2) is 5.96 Å². The molecule has 9 heteroatoms. The van der Waals surface area contributed by atoms with Crippen molar-refractivity contribution in [3.05, 3.63) is 0 Å². The second-order valence-electron chi connectivity index (χ2n) is 5.41. The quantitative estimate of drug-likeness (QED) is 0.281. The maximum Gasteiger partial charge on any atom is 0.403 e. The van der Waals surface area contributed by atoms with Gasteiger partial charge < -0.3 is 10.2 Å². The third-order valence-electron chi connectivity index (χ3n) is 3.91. The topological polar surface area (TPSA) is 30.9 Å². The van der Waals surface area contributed by atoms with E-state index in [0.717, 1.165) is 31.1 Å². The van der Waals surface area contributed by atoms with Crippen LogP contribution in [-0.4, -0.2) is 79.8 Å². The lowest BCUT2D eigenvalue weighted by atomic mass is 10.2. The molecule has 1 atom stereocenters. The van der Waals surface area contributed by atoms with Crippen molar-refractivity contribution in [3.8, 4) is 0 Å². The van der Waals surface area contributed by atoms with Crippen LogP contribution in [0.4, 0.5) is 13.2 Å². The summed E-state index contributed by atoms with van der Waals surface area (Å²) in [6, 6.07) is -1.38. The number of nitrogens with one attached hydrogen (secondary N) is 1. The van der Waals surface area contributed by atoms with E-state index in [4.69, 9.17) is 0 Å². The number of guanidine groups is 1. The van der Waals surface area contributed by atoms with Crippen LogP contribution in [0.3, 0.4) is 0 Å². The molecule has 0 aromatic rings. The van der Waals surface area contributed by atoms with Gasteiger partial charge in [-0.25, -0.2) is 0 Å². The number of thioether (sulfide) groups is 1. The highest BCUT2D eigenvalue weighted by atomic mass is 127. The molecule has 0 aliphatic carbocycles. The van der Waals surface area contributed by atoms with Crippen molar-refractivity contribution >= 4 is 41.7 Å². The van der Waals surface area contributed by atoms with E-state index in [2.05, 4.69) is 16.6 Å². The molecule has 0 aromatic heterocycles. The molecule has 0 radical (unpaired) electrons. The molecule has 23 heavy (non-hydrogen) atoms. The highest BCUT2D eigenvalue weighted by molar-refractivity contribution is 14.0. The van der Waals surface area contributed by atoms with Gasteiger partial charge in [-0.15, -0.1) is 24.0 Å². The van der Waals surface area contributed by atoms with Gasteiger partial charge in [0.1, 0.15) is 6.04 Å². The minimum Gasteiger partial charge on any atom is -0.356 e. The lowest BCUT2D eigenvalue weighted by molar-refractivity contribution is -0.181. The van der Waals surface area contributed by atoms with Crippen LogP contribution in [0.25, 0.3) is 0 Å². The number of aliphatic imine (C=N–C) groups is 1. The van der Waals surface area contributed by atoms with Crippen molar-refractivity contribution < 1.29 is 13.2 Å². The second-order valence-corrected chi connectivity index (χ2v) is 6.40. The maximum absolute atomic E-state index is 12.7. The van der Waals surface area contributed by atoms with Crippen molar-refractivity contribution in [2.24, 2.45) is 4.99 Å². The first kappa shape index (κ1) is 23.1. The highest BCUT2D eigenvalue weighted by Gasteiger charge is 2.40.